The number of hydrogen-bond donors (Lipinski definition) is 1. The first-order chi connectivity index (χ1) is 11.0. The van der Waals surface area contributed by atoms with Crippen molar-refractivity contribution < 1.29 is 9.84 Å². The van der Waals surface area contributed by atoms with E-state index >= 15 is 0 Å². The van der Waals surface area contributed by atoms with Gasteiger partial charge in [-0.1, -0.05) is 38.1 Å². The molecule has 1 atom stereocenters. The first-order valence-electron chi connectivity index (χ1n) is 7.90. The van der Waals surface area contributed by atoms with Gasteiger partial charge >= 0.3 is 0 Å². The molecule has 23 heavy (non-hydrogen) atoms. The zero-order valence-electron chi connectivity index (χ0n) is 14.3. The zero-order valence-corrected chi connectivity index (χ0v) is 15.1. The summed E-state index contributed by atoms with van der Waals surface area (Å²) < 4.78 is 4.96. The Kier molecular flexibility index (Phi) is 6.72. The normalized spacial score (nSPS) is 13.0. The molecule has 1 aromatic carbocycles. The number of aliphatic hydroxyl groups is 1. The number of likely N-dealkylation sites (N-methyl/N-ethyl adjacent to an activating group) is 1. The number of thiazole rings is 1. The molecule has 0 fully saturated rings. The highest BCUT2D eigenvalue weighted by Gasteiger charge is 2.11. The van der Waals surface area contributed by atoms with Crippen molar-refractivity contribution in [3.8, 4) is 10.6 Å². The van der Waals surface area contributed by atoms with Crippen LogP contribution in [0.3, 0.4) is 0 Å². The van der Waals surface area contributed by atoms with Gasteiger partial charge in [0.1, 0.15) is 5.01 Å². The maximum Gasteiger partial charge on any atom is 0.123 e. The lowest BCUT2D eigenvalue weighted by Gasteiger charge is -2.19. The van der Waals surface area contributed by atoms with Gasteiger partial charge in [-0.15, -0.1) is 11.3 Å². The average Bonchev–Trinajstić information content (AvgIpc) is 2.95. The Morgan fingerprint density at radius 2 is 1.96 bits per heavy atom. The van der Waals surface area contributed by atoms with Gasteiger partial charge in [-0.05, 0) is 18.5 Å². The molecule has 0 aliphatic heterocycles. The minimum absolute atomic E-state index is 0.362. The van der Waals surface area contributed by atoms with Gasteiger partial charge in [0.05, 0.1) is 12.7 Å². The van der Waals surface area contributed by atoms with Crippen LogP contribution in [0.4, 0.5) is 0 Å². The van der Waals surface area contributed by atoms with Crippen LogP contribution in [0.2, 0.25) is 0 Å². The van der Waals surface area contributed by atoms with Gasteiger partial charge in [-0.25, -0.2) is 4.98 Å². The van der Waals surface area contributed by atoms with Gasteiger partial charge in [0, 0.05) is 36.8 Å². The third-order valence-corrected chi connectivity index (χ3v) is 4.72. The van der Waals surface area contributed by atoms with E-state index in [0.29, 0.717) is 19.1 Å². The fourth-order valence-corrected chi connectivity index (χ4v) is 3.46. The summed E-state index contributed by atoms with van der Waals surface area (Å²) in [5, 5.41) is 10.8. The van der Waals surface area contributed by atoms with E-state index in [1.165, 1.54) is 10.4 Å². The number of ether oxygens (including phenoxy) is 1. The number of benzene rings is 1. The molecule has 0 bridgehead atoms. The topological polar surface area (TPSA) is 45.6 Å². The van der Waals surface area contributed by atoms with Crippen molar-refractivity contribution in [2.45, 2.75) is 32.4 Å². The third-order valence-electron chi connectivity index (χ3n) is 3.69. The molecular weight excluding hydrogens is 308 g/mol. The fraction of sp³-hybridized carbons (Fsp3) is 0.500. The first-order valence-corrected chi connectivity index (χ1v) is 8.71. The highest BCUT2D eigenvalue weighted by atomic mass is 32.1. The molecule has 0 aliphatic carbocycles. The molecule has 0 amide bonds. The number of hydrogen-bond acceptors (Lipinski definition) is 5. The van der Waals surface area contributed by atoms with Gasteiger partial charge in [0.25, 0.3) is 0 Å². The second-order valence-electron chi connectivity index (χ2n) is 6.21. The van der Waals surface area contributed by atoms with Crippen molar-refractivity contribution in [3.63, 3.8) is 0 Å². The maximum atomic E-state index is 9.77. The van der Waals surface area contributed by atoms with Crippen LogP contribution < -0.4 is 0 Å². The molecule has 2 aromatic rings. The van der Waals surface area contributed by atoms with Crippen molar-refractivity contribution in [2.75, 3.05) is 27.3 Å². The molecule has 1 aromatic heterocycles. The quantitative estimate of drug-likeness (QED) is 0.804. The number of rotatable bonds is 8. The standard InChI is InChI=1S/C18H26N2O2S/c1-13(2)14-5-7-15(8-6-14)18-19-9-17(23-18)11-20(3)10-16(21)12-22-4/h5-9,13,16,21H,10-12H2,1-4H3. The summed E-state index contributed by atoms with van der Waals surface area (Å²) in [6, 6.07) is 8.64. The Morgan fingerprint density at radius 1 is 1.26 bits per heavy atom. The molecule has 1 heterocycles. The number of aliphatic hydroxyl groups excluding tert-OH is 1. The van der Waals surface area contributed by atoms with Gasteiger partial charge in [0.2, 0.25) is 0 Å². The Morgan fingerprint density at radius 3 is 2.57 bits per heavy atom. The van der Waals surface area contributed by atoms with E-state index in [-0.39, 0.29) is 0 Å². The van der Waals surface area contributed by atoms with E-state index in [9.17, 15) is 5.11 Å². The van der Waals surface area contributed by atoms with Crippen LogP contribution in [-0.2, 0) is 11.3 Å². The summed E-state index contributed by atoms with van der Waals surface area (Å²) >= 11 is 1.70. The molecule has 0 spiro atoms. The SMILES string of the molecule is COCC(O)CN(C)Cc1cnc(-c2ccc(C(C)C)cc2)s1. The third kappa shape index (κ3) is 5.39. The van der Waals surface area contributed by atoms with Crippen LogP contribution in [-0.4, -0.2) is 48.4 Å². The Bertz CT molecular complexity index is 595. The summed E-state index contributed by atoms with van der Waals surface area (Å²) in [7, 11) is 3.60. The molecule has 0 saturated carbocycles. The van der Waals surface area contributed by atoms with Crippen LogP contribution in [0.15, 0.2) is 30.5 Å². The smallest absolute Gasteiger partial charge is 0.123 e. The summed E-state index contributed by atoms with van der Waals surface area (Å²) in [4.78, 5) is 7.81. The van der Waals surface area contributed by atoms with Crippen LogP contribution >= 0.6 is 11.3 Å². The largest absolute Gasteiger partial charge is 0.389 e. The molecule has 0 radical (unpaired) electrons. The highest BCUT2D eigenvalue weighted by molar-refractivity contribution is 7.15. The van der Waals surface area contributed by atoms with E-state index in [2.05, 4.69) is 48.0 Å². The van der Waals surface area contributed by atoms with E-state index in [1.807, 2.05) is 13.2 Å². The van der Waals surface area contributed by atoms with Gasteiger partial charge in [0.15, 0.2) is 0 Å². The molecule has 5 heteroatoms. The number of methoxy groups -OCH3 is 1. The highest BCUT2D eigenvalue weighted by Crippen LogP contribution is 2.27. The van der Waals surface area contributed by atoms with E-state index < -0.39 is 6.10 Å². The predicted octanol–water partition coefficient (Wildman–Crippen LogP) is 3.37. The average molecular weight is 334 g/mol. The predicted molar refractivity (Wildman–Crippen MR) is 95.9 cm³/mol. The Labute approximate surface area is 142 Å². The summed E-state index contributed by atoms with van der Waals surface area (Å²) in [5.41, 5.74) is 2.50. The van der Waals surface area contributed by atoms with Crippen molar-refractivity contribution >= 4 is 11.3 Å². The molecule has 1 unspecified atom stereocenters. The van der Waals surface area contributed by atoms with E-state index in [1.54, 1.807) is 18.4 Å². The minimum atomic E-state index is -0.457. The molecule has 1 N–H and O–H groups in total. The fourth-order valence-electron chi connectivity index (χ4n) is 2.46. The lowest BCUT2D eigenvalue weighted by atomic mass is 10.0. The van der Waals surface area contributed by atoms with Gasteiger partial charge in [-0.2, -0.15) is 0 Å². The van der Waals surface area contributed by atoms with Crippen molar-refractivity contribution in [1.82, 2.24) is 9.88 Å². The zero-order chi connectivity index (χ0) is 16.8. The number of nitrogens with zero attached hydrogens (tertiary/aromatic N) is 2. The second kappa shape index (κ2) is 8.55. The second-order valence-corrected chi connectivity index (χ2v) is 7.33. The summed E-state index contributed by atoms with van der Waals surface area (Å²) in [6.07, 6.45) is 1.47. The van der Waals surface area contributed by atoms with E-state index in [0.717, 1.165) is 17.1 Å². The summed E-state index contributed by atoms with van der Waals surface area (Å²) in [6.45, 7) is 6.13. The van der Waals surface area contributed by atoms with Crippen LogP contribution in [0.1, 0.15) is 30.2 Å². The first kappa shape index (κ1) is 18.1. The van der Waals surface area contributed by atoms with Gasteiger partial charge in [-0.3, -0.25) is 4.90 Å². The molecule has 2 rings (SSSR count). The Hall–Kier alpha value is -1.27. The minimum Gasteiger partial charge on any atom is -0.389 e. The van der Waals surface area contributed by atoms with Crippen LogP contribution in [0.5, 0.6) is 0 Å². The van der Waals surface area contributed by atoms with Crippen LogP contribution in [0.25, 0.3) is 10.6 Å². The molecule has 4 nitrogen and oxygen atoms in total. The molecule has 126 valence electrons. The van der Waals surface area contributed by atoms with Crippen molar-refractivity contribution in [2.24, 2.45) is 0 Å². The lowest BCUT2D eigenvalue weighted by Crippen LogP contribution is -2.31. The van der Waals surface area contributed by atoms with Crippen molar-refractivity contribution in [1.29, 1.82) is 0 Å². The van der Waals surface area contributed by atoms with Gasteiger partial charge < -0.3 is 9.84 Å². The van der Waals surface area contributed by atoms with Crippen LogP contribution in [0, 0.1) is 0 Å². The summed E-state index contributed by atoms with van der Waals surface area (Å²) in [5.74, 6) is 0.545. The Balaban J connectivity index is 1.97. The monoisotopic (exact) mass is 334 g/mol. The number of aromatic nitrogens is 1. The lowest BCUT2D eigenvalue weighted by molar-refractivity contribution is 0.0420. The molecule has 0 saturated heterocycles. The van der Waals surface area contributed by atoms with E-state index in [4.69, 9.17) is 4.74 Å². The maximum absolute atomic E-state index is 9.77. The molecule has 0 aliphatic rings. The van der Waals surface area contributed by atoms with Crippen molar-refractivity contribution in [3.05, 3.63) is 40.9 Å². The molecular formula is C18H26N2O2S.